The van der Waals surface area contributed by atoms with Crippen molar-refractivity contribution < 1.29 is 18.9 Å². The van der Waals surface area contributed by atoms with E-state index in [9.17, 15) is 14.4 Å². The SMILES string of the molecule is Cc1ccc(/C=C2\SC(=O)N(CCNC(=O)c3c(-c4ccccc4Cl)noc3C)C2=O)cc1. The van der Waals surface area contributed by atoms with E-state index in [1.165, 1.54) is 0 Å². The summed E-state index contributed by atoms with van der Waals surface area (Å²) in [6, 6.07) is 14.7. The molecule has 2 heterocycles. The molecule has 0 saturated carbocycles. The summed E-state index contributed by atoms with van der Waals surface area (Å²) >= 11 is 7.13. The van der Waals surface area contributed by atoms with Gasteiger partial charge in [-0.2, -0.15) is 0 Å². The molecule has 3 aromatic rings. The number of nitrogens with zero attached hydrogens (tertiary/aromatic N) is 2. The van der Waals surface area contributed by atoms with Crippen molar-refractivity contribution in [1.29, 1.82) is 0 Å². The van der Waals surface area contributed by atoms with Crippen LogP contribution in [0.25, 0.3) is 17.3 Å². The highest BCUT2D eigenvalue weighted by Crippen LogP contribution is 2.32. The average molecular weight is 482 g/mol. The first kappa shape index (κ1) is 22.8. The van der Waals surface area contributed by atoms with Crippen molar-refractivity contribution in [3.63, 3.8) is 0 Å². The van der Waals surface area contributed by atoms with Crippen LogP contribution in [-0.4, -0.2) is 40.2 Å². The van der Waals surface area contributed by atoms with E-state index >= 15 is 0 Å². The molecule has 1 fully saturated rings. The monoisotopic (exact) mass is 481 g/mol. The summed E-state index contributed by atoms with van der Waals surface area (Å²) in [6.45, 7) is 3.74. The van der Waals surface area contributed by atoms with Crippen LogP contribution in [0, 0.1) is 13.8 Å². The molecular weight excluding hydrogens is 462 g/mol. The number of carbonyl (C=O) groups is 3. The molecule has 7 nitrogen and oxygen atoms in total. The second-order valence-corrected chi connectivity index (χ2v) is 8.84. The Labute approximate surface area is 199 Å². The second kappa shape index (κ2) is 9.64. The quantitative estimate of drug-likeness (QED) is 0.493. The van der Waals surface area contributed by atoms with Gasteiger partial charge in [0.2, 0.25) is 0 Å². The van der Waals surface area contributed by atoms with Crippen LogP contribution in [0.5, 0.6) is 0 Å². The van der Waals surface area contributed by atoms with E-state index in [0.717, 1.165) is 27.8 Å². The maximum Gasteiger partial charge on any atom is 0.293 e. The van der Waals surface area contributed by atoms with Crippen LogP contribution in [0.4, 0.5) is 4.79 Å². The smallest absolute Gasteiger partial charge is 0.293 e. The summed E-state index contributed by atoms with van der Waals surface area (Å²) < 4.78 is 5.22. The van der Waals surface area contributed by atoms with Crippen LogP contribution in [0.3, 0.4) is 0 Å². The van der Waals surface area contributed by atoms with Crippen molar-refractivity contribution in [1.82, 2.24) is 15.4 Å². The summed E-state index contributed by atoms with van der Waals surface area (Å²) in [7, 11) is 0. The first-order valence-electron chi connectivity index (χ1n) is 10.2. The van der Waals surface area contributed by atoms with E-state index in [0.29, 0.717) is 26.9 Å². The molecule has 4 rings (SSSR count). The molecule has 0 bridgehead atoms. The van der Waals surface area contributed by atoms with Crippen molar-refractivity contribution in [2.45, 2.75) is 13.8 Å². The maximum atomic E-state index is 12.8. The number of aromatic nitrogens is 1. The number of halogens is 1. The van der Waals surface area contributed by atoms with Crippen LogP contribution in [0.15, 0.2) is 58.0 Å². The molecule has 0 aliphatic carbocycles. The van der Waals surface area contributed by atoms with Gasteiger partial charge >= 0.3 is 0 Å². The van der Waals surface area contributed by atoms with Gasteiger partial charge in [-0.25, -0.2) is 0 Å². The fourth-order valence-corrected chi connectivity index (χ4v) is 4.44. The predicted molar refractivity (Wildman–Crippen MR) is 128 cm³/mol. The number of benzene rings is 2. The fraction of sp³-hybridized carbons (Fsp3) is 0.167. The van der Waals surface area contributed by atoms with Gasteiger partial charge in [0, 0.05) is 18.7 Å². The van der Waals surface area contributed by atoms with Crippen molar-refractivity contribution in [3.8, 4) is 11.3 Å². The third-order valence-corrected chi connectivity index (χ3v) is 6.33. The molecule has 168 valence electrons. The molecule has 0 spiro atoms. The third-order valence-electron chi connectivity index (χ3n) is 5.09. The van der Waals surface area contributed by atoms with Crippen LogP contribution < -0.4 is 5.32 Å². The predicted octanol–water partition coefficient (Wildman–Crippen LogP) is 5.08. The van der Waals surface area contributed by atoms with Crippen LogP contribution in [-0.2, 0) is 4.79 Å². The molecule has 9 heteroatoms. The molecule has 2 aromatic carbocycles. The zero-order valence-corrected chi connectivity index (χ0v) is 19.5. The molecule has 1 aliphatic heterocycles. The number of rotatable bonds is 6. The van der Waals surface area contributed by atoms with Crippen LogP contribution in [0.2, 0.25) is 5.02 Å². The Morgan fingerprint density at radius 3 is 2.61 bits per heavy atom. The molecule has 1 N–H and O–H groups in total. The molecule has 1 aromatic heterocycles. The highest BCUT2D eigenvalue weighted by Gasteiger charge is 2.34. The minimum atomic E-state index is -0.425. The maximum absolute atomic E-state index is 12.8. The van der Waals surface area contributed by atoms with Gasteiger partial charge in [-0.1, -0.05) is 64.8 Å². The Morgan fingerprint density at radius 1 is 1.15 bits per heavy atom. The number of hydrogen-bond donors (Lipinski definition) is 1. The topological polar surface area (TPSA) is 92.5 Å². The first-order valence-corrected chi connectivity index (χ1v) is 11.4. The summed E-state index contributed by atoms with van der Waals surface area (Å²) in [4.78, 5) is 39.4. The Balaban J connectivity index is 1.42. The van der Waals surface area contributed by atoms with Crippen LogP contribution >= 0.6 is 23.4 Å². The first-order chi connectivity index (χ1) is 15.8. The summed E-state index contributed by atoms with van der Waals surface area (Å²) in [6.07, 6.45) is 1.69. The van der Waals surface area contributed by atoms with Crippen LogP contribution in [0.1, 0.15) is 27.2 Å². The lowest BCUT2D eigenvalue weighted by atomic mass is 10.1. The van der Waals surface area contributed by atoms with E-state index in [4.69, 9.17) is 16.1 Å². The Morgan fingerprint density at radius 2 is 1.88 bits per heavy atom. The van der Waals surface area contributed by atoms with E-state index < -0.39 is 5.91 Å². The van der Waals surface area contributed by atoms with Gasteiger partial charge in [0.1, 0.15) is 17.0 Å². The average Bonchev–Trinajstić information content (AvgIpc) is 3.30. The van der Waals surface area contributed by atoms with Crippen molar-refractivity contribution >= 4 is 46.5 Å². The minimum absolute atomic E-state index is 0.0490. The zero-order valence-electron chi connectivity index (χ0n) is 17.9. The molecule has 0 radical (unpaired) electrons. The number of thioether (sulfide) groups is 1. The summed E-state index contributed by atoms with van der Waals surface area (Å²) in [5.41, 5.74) is 3.12. The van der Waals surface area contributed by atoms with Gasteiger partial charge in [0.15, 0.2) is 0 Å². The van der Waals surface area contributed by atoms with Gasteiger partial charge in [0.05, 0.1) is 9.93 Å². The van der Waals surface area contributed by atoms with Crippen molar-refractivity contribution in [2.24, 2.45) is 0 Å². The molecule has 1 aliphatic rings. The number of hydrogen-bond acceptors (Lipinski definition) is 6. The fourth-order valence-electron chi connectivity index (χ4n) is 3.35. The van der Waals surface area contributed by atoms with Gasteiger partial charge in [-0.3, -0.25) is 19.3 Å². The van der Waals surface area contributed by atoms with E-state index in [1.54, 1.807) is 37.3 Å². The van der Waals surface area contributed by atoms with Crippen molar-refractivity contribution in [3.05, 3.63) is 80.9 Å². The van der Waals surface area contributed by atoms with Gasteiger partial charge in [-0.15, -0.1) is 0 Å². The highest BCUT2D eigenvalue weighted by molar-refractivity contribution is 8.18. The summed E-state index contributed by atoms with van der Waals surface area (Å²) in [5, 5.41) is 6.79. The minimum Gasteiger partial charge on any atom is -0.360 e. The van der Waals surface area contributed by atoms with E-state index in [2.05, 4.69) is 10.5 Å². The third kappa shape index (κ3) is 4.86. The second-order valence-electron chi connectivity index (χ2n) is 7.44. The largest absolute Gasteiger partial charge is 0.360 e. The van der Waals surface area contributed by atoms with Gasteiger partial charge < -0.3 is 9.84 Å². The number of carbonyl (C=O) groups excluding carboxylic acids is 3. The zero-order chi connectivity index (χ0) is 23.5. The van der Waals surface area contributed by atoms with Gasteiger partial charge in [-0.05, 0) is 43.3 Å². The van der Waals surface area contributed by atoms with Crippen molar-refractivity contribution in [2.75, 3.05) is 13.1 Å². The highest BCUT2D eigenvalue weighted by atomic mass is 35.5. The Bertz CT molecular complexity index is 1270. The molecular formula is C24H20ClN3O4S. The molecule has 0 unspecified atom stereocenters. The molecule has 0 atom stereocenters. The van der Waals surface area contributed by atoms with E-state index in [1.807, 2.05) is 31.2 Å². The van der Waals surface area contributed by atoms with Gasteiger partial charge in [0.25, 0.3) is 17.1 Å². The number of amides is 3. The Hall–Kier alpha value is -3.36. The molecule has 1 saturated heterocycles. The normalized spacial score (nSPS) is 14.9. The lowest BCUT2D eigenvalue weighted by Gasteiger charge is -2.13. The standard InChI is InChI=1S/C24H20ClN3O4S/c1-14-7-9-16(10-8-14)13-19-23(30)28(24(31)33-19)12-11-26-22(29)20-15(2)32-27-21(20)17-5-3-4-6-18(17)25/h3-10,13H,11-12H2,1-2H3,(H,26,29)/b19-13-. The lowest BCUT2D eigenvalue weighted by molar-refractivity contribution is -0.122. The Kier molecular flexibility index (Phi) is 6.67. The summed E-state index contributed by atoms with van der Waals surface area (Å²) in [5.74, 6) is -0.460. The lowest BCUT2D eigenvalue weighted by Crippen LogP contribution is -2.37. The number of aryl methyl sites for hydroxylation is 2. The number of imide groups is 1. The molecule has 3 amide bonds. The molecule has 33 heavy (non-hydrogen) atoms. The number of nitrogens with one attached hydrogen (secondary N) is 1. The van der Waals surface area contributed by atoms with E-state index in [-0.39, 0.29) is 29.8 Å².